The Balaban J connectivity index is 1.96. The average Bonchev–Trinajstić information content (AvgIpc) is 2.99. The van der Waals surface area contributed by atoms with E-state index in [2.05, 4.69) is 0 Å². The van der Waals surface area contributed by atoms with Crippen molar-refractivity contribution in [2.45, 2.75) is 45.6 Å². The van der Waals surface area contributed by atoms with Crippen molar-refractivity contribution in [1.29, 1.82) is 0 Å². The van der Waals surface area contributed by atoms with E-state index in [1.807, 2.05) is 6.92 Å². The normalized spacial score (nSPS) is 22.9. The number of furan rings is 1. The summed E-state index contributed by atoms with van der Waals surface area (Å²) in [5, 5.41) is 0. The molecule has 3 rings (SSSR count). The topological polar surface area (TPSA) is 84.7 Å². The molecule has 0 saturated carbocycles. The standard InChI is InChI=1S/C16H21NO5S/c1-3-17(11-7-8-23(20,21)9-11)16(19)14-10(2)22-13-6-4-5-12(18)15(13)14/h11H,3-9H2,1-2H3/t11-/m0/s1. The lowest BCUT2D eigenvalue weighted by atomic mass is 9.92. The van der Waals surface area contributed by atoms with Crippen LogP contribution in [0, 0.1) is 6.92 Å². The van der Waals surface area contributed by atoms with Crippen molar-refractivity contribution in [1.82, 2.24) is 4.90 Å². The first kappa shape index (κ1) is 16.2. The van der Waals surface area contributed by atoms with Gasteiger partial charge in [0.1, 0.15) is 11.5 Å². The number of fused-ring (bicyclic) bond motifs is 1. The fourth-order valence-corrected chi connectivity index (χ4v) is 5.33. The maximum absolute atomic E-state index is 13.0. The van der Waals surface area contributed by atoms with E-state index in [4.69, 9.17) is 4.42 Å². The van der Waals surface area contributed by atoms with Gasteiger partial charge in [0.25, 0.3) is 5.91 Å². The Bertz CT molecular complexity index is 762. The van der Waals surface area contributed by atoms with Crippen molar-refractivity contribution in [2.75, 3.05) is 18.1 Å². The van der Waals surface area contributed by atoms with Gasteiger partial charge in [-0.1, -0.05) is 0 Å². The van der Waals surface area contributed by atoms with Crippen LogP contribution < -0.4 is 0 Å². The van der Waals surface area contributed by atoms with Crippen molar-refractivity contribution in [3.63, 3.8) is 0 Å². The molecule has 7 heteroatoms. The molecule has 126 valence electrons. The van der Waals surface area contributed by atoms with E-state index in [9.17, 15) is 18.0 Å². The van der Waals surface area contributed by atoms with Gasteiger partial charge in [0.15, 0.2) is 15.6 Å². The molecule has 0 radical (unpaired) electrons. The number of carbonyl (C=O) groups is 2. The van der Waals surface area contributed by atoms with Gasteiger partial charge < -0.3 is 9.32 Å². The molecule has 1 aliphatic carbocycles. The molecule has 0 bridgehead atoms. The largest absolute Gasteiger partial charge is 0.465 e. The minimum absolute atomic E-state index is 0.000381. The van der Waals surface area contributed by atoms with Crippen LogP contribution in [0.4, 0.5) is 0 Å². The first-order valence-corrected chi connectivity index (χ1v) is 9.83. The summed E-state index contributed by atoms with van der Waals surface area (Å²) in [4.78, 5) is 26.8. The van der Waals surface area contributed by atoms with E-state index in [1.165, 1.54) is 0 Å². The van der Waals surface area contributed by atoms with Crippen LogP contribution in [-0.2, 0) is 16.3 Å². The smallest absolute Gasteiger partial charge is 0.258 e. The highest BCUT2D eigenvalue weighted by molar-refractivity contribution is 7.91. The molecule has 0 N–H and O–H groups in total. The Kier molecular flexibility index (Phi) is 4.08. The second kappa shape index (κ2) is 5.78. The molecule has 1 atom stereocenters. The number of nitrogens with zero attached hydrogens (tertiary/aromatic N) is 1. The second-order valence-corrected chi connectivity index (χ2v) is 8.48. The summed E-state index contributed by atoms with van der Waals surface area (Å²) in [6.45, 7) is 3.93. The first-order chi connectivity index (χ1) is 10.8. The van der Waals surface area contributed by atoms with Crippen molar-refractivity contribution < 1.29 is 22.4 Å². The third-order valence-electron chi connectivity index (χ3n) is 4.71. The molecule has 1 aromatic heterocycles. The van der Waals surface area contributed by atoms with Gasteiger partial charge >= 0.3 is 0 Å². The molecule has 1 fully saturated rings. The number of hydrogen-bond acceptors (Lipinski definition) is 5. The van der Waals surface area contributed by atoms with Crippen LogP contribution in [0.3, 0.4) is 0 Å². The molecule has 2 heterocycles. The predicted molar refractivity (Wildman–Crippen MR) is 84.5 cm³/mol. The average molecular weight is 339 g/mol. The van der Waals surface area contributed by atoms with E-state index in [0.29, 0.717) is 48.5 Å². The number of rotatable bonds is 3. The molecule has 1 aliphatic heterocycles. The lowest BCUT2D eigenvalue weighted by molar-refractivity contribution is 0.0702. The summed E-state index contributed by atoms with van der Waals surface area (Å²) in [6, 6.07) is -0.318. The third kappa shape index (κ3) is 2.82. The van der Waals surface area contributed by atoms with Gasteiger partial charge in [-0.05, 0) is 26.7 Å². The maximum atomic E-state index is 13.0. The van der Waals surface area contributed by atoms with Crippen molar-refractivity contribution in [3.05, 3.63) is 22.6 Å². The molecule has 2 aliphatic rings. The summed E-state index contributed by atoms with van der Waals surface area (Å²) in [5.74, 6) is 0.822. The third-order valence-corrected chi connectivity index (χ3v) is 6.46. The minimum atomic E-state index is -3.08. The number of carbonyl (C=O) groups excluding carboxylic acids is 2. The highest BCUT2D eigenvalue weighted by atomic mass is 32.2. The maximum Gasteiger partial charge on any atom is 0.258 e. The fraction of sp³-hybridized carbons (Fsp3) is 0.625. The van der Waals surface area contributed by atoms with Crippen molar-refractivity contribution in [2.24, 2.45) is 0 Å². The number of aryl methyl sites for hydroxylation is 2. The SMILES string of the molecule is CCN(C(=O)c1c(C)oc2c1C(=O)CCC2)[C@H]1CCS(=O)(=O)C1. The number of Topliss-reactive ketones (excluding diaryl/α,β-unsaturated/α-hetero) is 1. The Morgan fingerprint density at radius 2 is 2.09 bits per heavy atom. The van der Waals surface area contributed by atoms with Crippen LogP contribution in [0.25, 0.3) is 0 Å². The zero-order valence-corrected chi connectivity index (χ0v) is 14.2. The fourth-order valence-electron chi connectivity index (χ4n) is 3.60. The van der Waals surface area contributed by atoms with Gasteiger partial charge in [0.05, 0.1) is 22.6 Å². The Hall–Kier alpha value is -1.63. The number of amides is 1. The molecule has 23 heavy (non-hydrogen) atoms. The lowest BCUT2D eigenvalue weighted by Gasteiger charge is -2.27. The van der Waals surface area contributed by atoms with E-state index >= 15 is 0 Å². The molecule has 1 aromatic rings. The Labute approximate surface area is 135 Å². The van der Waals surface area contributed by atoms with Crippen LogP contribution >= 0.6 is 0 Å². The van der Waals surface area contributed by atoms with Gasteiger partial charge in [-0.25, -0.2) is 8.42 Å². The summed E-state index contributed by atoms with van der Waals surface area (Å²) >= 11 is 0. The summed E-state index contributed by atoms with van der Waals surface area (Å²) in [5.41, 5.74) is 0.744. The molecule has 1 saturated heterocycles. The van der Waals surface area contributed by atoms with Crippen LogP contribution in [0.2, 0.25) is 0 Å². The molecule has 0 unspecified atom stereocenters. The molecule has 1 amide bonds. The highest BCUT2D eigenvalue weighted by Crippen LogP contribution is 2.31. The summed E-state index contributed by atoms with van der Waals surface area (Å²) < 4.78 is 29.1. The summed E-state index contributed by atoms with van der Waals surface area (Å²) in [7, 11) is -3.08. The Morgan fingerprint density at radius 3 is 2.70 bits per heavy atom. The van der Waals surface area contributed by atoms with E-state index < -0.39 is 9.84 Å². The minimum Gasteiger partial charge on any atom is -0.465 e. The summed E-state index contributed by atoms with van der Waals surface area (Å²) in [6.07, 6.45) is 2.29. The number of sulfone groups is 1. The van der Waals surface area contributed by atoms with Crippen molar-refractivity contribution >= 4 is 21.5 Å². The molecular formula is C16H21NO5S. The quantitative estimate of drug-likeness (QED) is 0.838. The van der Waals surface area contributed by atoms with E-state index in [0.717, 1.165) is 6.42 Å². The van der Waals surface area contributed by atoms with Gasteiger partial charge in [-0.15, -0.1) is 0 Å². The van der Waals surface area contributed by atoms with Crippen LogP contribution in [0.5, 0.6) is 0 Å². The number of ketones is 1. The van der Waals surface area contributed by atoms with Gasteiger partial charge in [0, 0.05) is 25.4 Å². The van der Waals surface area contributed by atoms with Crippen LogP contribution in [-0.4, -0.2) is 49.1 Å². The van der Waals surface area contributed by atoms with Gasteiger partial charge in [-0.2, -0.15) is 0 Å². The van der Waals surface area contributed by atoms with E-state index in [-0.39, 0.29) is 29.2 Å². The van der Waals surface area contributed by atoms with Crippen molar-refractivity contribution in [3.8, 4) is 0 Å². The number of hydrogen-bond donors (Lipinski definition) is 0. The second-order valence-electron chi connectivity index (χ2n) is 6.26. The molecule has 6 nitrogen and oxygen atoms in total. The van der Waals surface area contributed by atoms with Gasteiger partial charge in [-0.3, -0.25) is 9.59 Å². The Morgan fingerprint density at radius 1 is 1.35 bits per heavy atom. The van der Waals surface area contributed by atoms with Crippen LogP contribution in [0.15, 0.2) is 4.42 Å². The first-order valence-electron chi connectivity index (χ1n) is 8.01. The van der Waals surface area contributed by atoms with Gasteiger partial charge in [0.2, 0.25) is 0 Å². The monoisotopic (exact) mass is 339 g/mol. The molecule has 0 spiro atoms. The zero-order valence-electron chi connectivity index (χ0n) is 13.4. The predicted octanol–water partition coefficient (Wildman–Crippen LogP) is 1.76. The highest BCUT2D eigenvalue weighted by Gasteiger charge is 2.38. The van der Waals surface area contributed by atoms with Crippen LogP contribution in [0.1, 0.15) is 58.4 Å². The van der Waals surface area contributed by atoms with E-state index in [1.54, 1.807) is 11.8 Å². The molecular weight excluding hydrogens is 318 g/mol. The zero-order chi connectivity index (χ0) is 16.8. The lowest BCUT2D eigenvalue weighted by Crippen LogP contribution is -2.41. The molecule has 0 aromatic carbocycles.